The molecule has 2 aliphatic heterocycles. The summed E-state index contributed by atoms with van der Waals surface area (Å²) in [4.78, 5) is 28.9. The molecule has 200 valence electrons. The Bertz CT molecular complexity index is 1140. The van der Waals surface area contributed by atoms with Crippen LogP contribution in [0.5, 0.6) is 5.75 Å². The number of amides is 1. The molecule has 5 rings (SSSR count). The van der Waals surface area contributed by atoms with Crippen molar-refractivity contribution in [3.63, 3.8) is 0 Å². The van der Waals surface area contributed by atoms with E-state index in [0.717, 1.165) is 55.8 Å². The number of carbonyl (C=O) groups is 1. The van der Waals surface area contributed by atoms with Gasteiger partial charge in [-0.1, -0.05) is 0 Å². The SMILES string of the molecule is COc1cc(N2CCC3(CCC(N4CCN(C(=O)O)CC4)CC3)CC2)c(-c2cnn(C)c2)cc1[N+](=O)[O-]. The van der Waals surface area contributed by atoms with E-state index in [1.54, 1.807) is 16.9 Å². The molecule has 0 atom stereocenters. The number of nitrogens with zero attached hydrogens (tertiary/aromatic N) is 6. The Morgan fingerprint density at radius 1 is 1.11 bits per heavy atom. The summed E-state index contributed by atoms with van der Waals surface area (Å²) in [6, 6.07) is 3.98. The van der Waals surface area contributed by atoms with Crippen LogP contribution in [0.25, 0.3) is 11.1 Å². The van der Waals surface area contributed by atoms with Crippen molar-refractivity contribution in [3.8, 4) is 16.9 Å². The Labute approximate surface area is 216 Å². The lowest BCUT2D eigenvalue weighted by Crippen LogP contribution is -2.53. The second kappa shape index (κ2) is 10.2. The summed E-state index contributed by atoms with van der Waals surface area (Å²) in [5.41, 5.74) is 2.92. The number of methoxy groups -OCH3 is 1. The van der Waals surface area contributed by atoms with Crippen molar-refractivity contribution in [1.29, 1.82) is 0 Å². The molecule has 11 nitrogen and oxygen atoms in total. The summed E-state index contributed by atoms with van der Waals surface area (Å²) in [5.74, 6) is 0.274. The number of rotatable bonds is 5. The van der Waals surface area contributed by atoms with Crippen LogP contribution in [-0.4, -0.2) is 88.1 Å². The third kappa shape index (κ3) is 5.09. The van der Waals surface area contributed by atoms with Crippen LogP contribution in [-0.2, 0) is 7.05 Å². The fraction of sp³-hybridized carbons (Fsp3) is 0.615. The van der Waals surface area contributed by atoms with Crippen LogP contribution in [0.3, 0.4) is 0 Å². The molecule has 2 saturated heterocycles. The first kappa shape index (κ1) is 25.3. The first-order chi connectivity index (χ1) is 17.8. The quantitative estimate of drug-likeness (QED) is 0.475. The topological polar surface area (TPSA) is 117 Å². The number of nitro benzene ring substituents is 1. The van der Waals surface area contributed by atoms with Crippen LogP contribution in [0.1, 0.15) is 38.5 Å². The summed E-state index contributed by atoms with van der Waals surface area (Å²) in [7, 11) is 3.31. The Morgan fingerprint density at radius 2 is 1.78 bits per heavy atom. The summed E-state index contributed by atoms with van der Waals surface area (Å²) in [6.07, 6.45) is 9.74. The summed E-state index contributed by atoms with van der Waals surface area (Å²) < 4.78 is 7.11. The molecule has 1 aromatic carbocycles. The van der Waals surface area contributed by atoms with Gasteiger partial charge in [-0.15, -0.1) is 0 Å². The van der Waals surface area contributed by atoms with Gasteiger partial charge in [-0.2, -0.15) is 5.10 Å². The summed E-state index contributed by atoms with van der Waals surface area (Å²) >= 11 is 0. The molecule has 3 fully saturated rings. The van der Waals surface area contributed by atoms with E-state index in [9.17, 15) is 20.0 Å². The normalized spacial score (nSPS) is 20.8. The van der Waals surface area contributed by atoms with Gasteiger partial charge in [0.15, 0.2) is 5.75 Å². The van der Waals surface area contributed by atoms with Crippen molar-refractivity contribution >= 4 is 17.5 Å². The van der Waals surface area contributed by atoms with Gasteiger partial charge >= 0.3 is 11.8 Å². The van der Waals surface area contributed by atoms with Crippen LogP contribution < -0.4 is 9.64 Å². The molecule has 3 heterocycles. The Hall–Kier alpha value is -3.34. The van der Waals surface area contributed by atoms with Crippen molar-refractivity contribution < 1.29 is 19.6 Å². The highest BCUT2D eigenvalue weighted by atomic mass is 16.6. The maximum Gasteiger partial charge on any atom is 0.407 e. The van der Waals surface area contributed by atoms with Gasteiger partial charge in [-0.05, 0) is 43.9 Å². The standard InChI is InChI=1S/C26H36N6O5/c1-28-18-19(17-27-28)21-15-23(32(35)36)24(37-2)16-22(21)30-9-7-26(8-10-30)5-3-20(4-6-26)29-11-13-31(14-12-29)25(33)34/h15-18,20H,3-14H2,1-2H3,(H,33,34). The van der Waals surface area contributed by atoms with E-state index < -0.39 is 11.0 Å². The van der Waals surface area contributed by atoms with Crippen LogP contribution in [0.15, 0.2) is 24.5 Å². The fourth-order valence-electron chi connectivity index (χ4n) is 6.50. The molecular formula is C26H36N6O5. The Kier molecular flexibility index (Phi) is 6.98. The predicted molar refractivity (Wildman–Crippen MR) is 139 cm³/mol. The minimum absolute atomic E-state index is 0.0407. The maximum absolute atomic E-state index is 11.7. The molecule has 0 bridgehead atoms. The third-order valence-electron chi connectivity index (χ3n) is 8.79. The smallest absolute Gasteiger partial charge is 0.407 e. The fourth-order valence-corrected chi connectivity index (χ4v) is 6.50. The highest BCUT2D eigenvalue weighted by Gasteiger charge is 2.40. The van der Waals surface area contributed by atoms with Crippen LogP contribution in [0.4, 0.5) is 16.2 Å². The van der Waals surface area contributed by atoms with Gasteiger partial charge in [0, 0.05) is 87.5 Å². The number of aromatic nitrogens is 2. The van der Waals surface area contributed by atoms with Crippen molar-refractivity contribution in [1.82, 2.24) is 19.6 Å². The average Bonchev–Trinajstić information content (AvgIpc) is 3.35. The van der Waals surface area contributed by atoms with Gasteiger partial charge in [0.1, 0.15) is 0 Å². The van der Waals surface area contributed by atoms with Crippen molar-refractivity contribution in [2.45, 2.75) is 44.6 Å². The Balaban J connectivity index is 1.27. The molecule has 1 amide bonds. The number of piperidine rings is 1. The van der Waals surface area contributed by atoms with Crippen LogP contribution in [0, 0.1) is 15.5 Å². The zero-order valence-electron chi connectivity index (χ0n) is 21.6. The number of anilines is 1. The molecule has 0 radical (unpaired) electrons. The lowest BCUT2D eigenvalue weighted by Gasteiger charge is -2.49. The highest BCUT2D eigenvalue weighted by Crippen LogP contribution is 2.48. The zero-order valence-corrected chi connectivity index (χ0v) is 21.6. The number of benzene rings is 1. The molecule has 1 spiro atoms. The molecule has 1 N–H and O–H groups in total. The molecule has 1 aromatic heterocycles. The number of hydrogen-bond acceptors (Lipinski definition) is 7. The minimum Gasteiger partial charge on any atom is -0.490 e. The molecular weight excluding hydrogens is 476 g/mol. The Morgan fingerprint density at radius 3 is 2.32 bits per heavy atom. The van der Waals surface area contributed by atoms with Crippen molar-refractivity contribution in [3.05, 3.63) is 34.6 Å². The van der Waals surface area contributed by atoms with E-state index in [-0.39, 0.29) is 11.4 Å². The first-order valence-corrected chi connectivity index (χ1v) is 13.1. The van der Waals surface area contributed by atoms with Crippen molar-refractivity contribution in [2.75, 3.05) is 51.3 Å². The maximum atomic E-state index is 11.7. The molecule has 11 heteroatoms. The molecule has 0 unspecified atom stereocenters. The van der Waals surface area contributed by atoms with Crippen molar-refractivity contribution in [2.24, 2.45) is 12.5 Å². The largest absolute Gasteiger partial charge is 0.490 e. The lowest BCUT2D eigenvalue weighted by atomic mass is 9.66. The van der Waals surface area contributed by atoms with E-state index in [2.05, 4.69) is 14.9 Å². The minimum atomic E-state index is -0.814. The average molecular weight is 513 g/mol. The van der Waals surface area contributed by atoms with Gasteiger partial charge in [-0.25, -0.2) is 4.79 Å². The van der Waals surface area contributed by atoms with E-state index in [0.29, 0.717) is 24.5 Å². The lowest BCUT2D eigenvalue weighted by molar-refractivity contribution is -0.385. The van der Waals surface area contributed by atoms with Gasteiger partial charge in [0.05, 0.1) is 18.2 Å². The first-order valence-electron chi connectivity index (χ1n) is 13.1. The number of nitro groups is 1. The number of carboxylic acid groups (broad SMARTS) is 1. The predicted octanol–water partition coefficient (Wildman–Crippen LogP) is 3.83. The number of piperazine rings is 1. The van der Waals surface area contributed by atoms with Gasteiger partial charge < -0.3 is 19.6 Å². The summed E-state index contributed by atoms with van der Waals surface area (Å²) in [5, 5.41) is 25.2. The molecule has 37 heavy (non-hydrogen) atoms. The number of ether oxygens (including phenoxy) is 1. The van der Waals surface area contributed by atoms with Gasteiger partial charge in [0.2, 0.25) is 0 Å². The molecule has 1 aliphatic carbocycles. The zero-order chi connectivity index (χ0) is 26.2. The van der Waals surface area contributed by atoms with Gasteiger partial charge in [-0.3, -0.25) is 19.7 Å². The third-order valence-corrected chi connectivity index (χ3v) is 8.79. The van der Waals surface area contributed by atoms with E-state index >= 15 is 0 Å². The van der Waals surface area contributed by atoms with Crippen LogP contribution >= 0.6 is 0 Å². The van der Waals surface area contributed by atoms with E-state index in [1.165, 1.54) is 37.7 Å². The van der Waals surface area contributed by atoms with E-state index in [1.807, 2.05) is 19.3 Å². The number of aryl methyl sites for hydroxylation is 1. The number of hydrogen-bond donors (Lipinski definition) is 1. The molecule has 2 aromatic rings. The second-order valence-electron chi connectivity index (χ2n) is 10.7. The molecule has 3 aliphatic rings. The van der Waals surface area contributed by atoms with E-state index in [4.69, 9.17) is 4.74 Å². The molecule has 1 saturated carbocycles. The van der Waals surface area contributed by atoms with Crippen LogP contribution in [0.2, 0.25) is 0 Å². The van der Waals surface area contributed by atoms with Gasteiger partial charge in [0.25, 0.3) is 0 Å². The highest BCUT2D eigenvalue weighted by molar-refractivity contribution is 5.82. The summed E-state index contributed by atoms with van der Waals surface area (Å²) in [6.45, 7) is 4.66. The monoisotopic (exact) mass is 512 g/mol. The second-order valence-corrected chi connectivity index (χ2v) is 10.7.